The number of halogens is 1. The van der Waals surface area contributed by atoms with Gasteiger partial charge in [0.1, 0.15) is 0 Å². The molecule has 0 bridgehead atoms. The van der Waals surface area contributed by atoms with Crippen molar-refractivity contribution in [3.63, 3.8) is 0 Å². The second kappa shape index (κ2) is 3.78. The van der Waals surface area contributed by atoms with Gasteiger partial charge in [-0.25, -0.2) is 0 Å². The first kappa shape index (κ1) is 10.7. The van der Waals surface area contributed by atoms with Crippen LogP contribution in [0.15, 0.2) is 11.1 Å². The van der Waals surface area contributed by atoms with Crippen LogP contribution in [0.4, 0.5) is 0 Å². The zero-order chi connectivity index (χ0) is 10.1. The molecule has 1 atom stereocenters. The maximum absolute atomic E-state index is 11.1. The fourth-order valence-electron chi connectivity index (χ4n) is 1.65. The van der Waals surface area contributed by atoms with Crippen molar-refractivity contribution in [1.82, 2.24) is 0 Å². The van der Waals surface area contributed by atoms with E-state index in [1.165, 1.54) is 20.3 Å². The van der Waals surface area contributed by atoms with Crippen LogP contribution in [0.5, 0.6) is 0 Å². The number of hydrogen-bond acceptors (Lipinski definition) is 3. The number of rotatable bonds is 2. The summed E-state index contributed by atoms with van der Waals surface area (Å²) in [5.74, 6) is -0.982. The maximum Gasteiger partial charge on any atom is 0.208 e. The smallest absolute Gasteiger partial charge is 0.208 e. The van der Waals surface area contributed by atoms with Crippen molar-refractivity contribution in [2.75, 3.05) is 14.2 Å². The molecule has 4 heteroatoms. The van der Waals surface area contributed by atoms with Crippen molar-refractivity contribution < 1.29 is 14.3 Å². The third-order valence-electron chi connectivity index (χ3n) is 2.38. The lowest BCUT2D eigenvalue weighted by Crippen LogP contribution is -2.44. The molecule has 0 N–H and O–H groups in total. The molecule has 3 nitrogen and oxygen atoms in total. The minimum atomic E-state index is -0.935. The summed E-state index contributed by atoms with van der Waals surface area (Å²) in [6, 6.07) is 0. The van der Waals surface area contributed by atoms with Crippen molar-refractivity contribution in [2.45, 2.75) is 19.1 Å². The Kier molecular flexibility index (Phi) is 3.11. The molecule has 0 unspecified atom stereocenters. The van der Waals surface area contributed by atoms with E-state index in [9.17, 15) is 4.79 Å². The minimum Gasteiger partial charge on any atom is -0.348 e. The Bertz CT molecular complexity index is 243. The molecule has 0 amide bonds. The molecule has 1 rings (SSSR count). The van der Waals surface area contributed by atoms with Crippen LogP contribution in [0.25, 0.3) is 0 Å². The van der Waals surface area contributed by atoms with Crippen molar-refractivity contribution in [3.8, 4) is 0 Å². The second-order valence-electron chi connectivity index (χ2n) is 3.14. The van der Waals surface area contributed by atoms with Crippen LogP contribution in [0, 0.1) is 5.92 Å². The van der Waals surface area contributed by atoms with E-state index in [0.717, 1.165) is 0 Å². The van der Waals surface area contributed by atoms with Gasteiger partial charge in [-0.15, -0.1) is 0 Å². The summed E-state index contributed by atoms with van der Waals surface area (Å²) in [5.41, 5.74) is 0. The lowest BCUT2D eigenvalue weighted by atomic mass is 9.89. The van der Waals surface area contributed by atoms with E-state index in [4.69, 9.17) is 21.1 Å². The Balaban J connectivity index is 3.06. The van der Waals surface area contributed by atoms with Gasteiger partial charge in [0, 0.05) is 32.6 Å². The summed E-state index contributed by atoms with van der Waals surface area (Å²) in [7, 11) is 3.04. The van der Waals surface area contributed by atoms with Gasteiger partial charge in [-0.05, 0) is 0 Å². The highest BCUT2D eigenvalue weighted by Gasteiger charge is 2.43. The molecule has 0 heterocycles. The fraction of sp³-hybridized carbons (Fsp3) is 0.667. The number of ketones is 1. The molecule has 74 valence electrons. The summed E-state index contributed by atoms with van der Waals surface area (Å²) in [4.78, 5) is 11.1. The summed E-state index contributed by atoms with van der Waals surface area (Å²) in [5, 5.41) is 0.321. The third-order valence-corrected chi connectivity index (χ3v) is 2.76. The third kappa shape index (κ3) is 1.64. The molecule has 0 aromatic carbocycles. The number of allylic oxidation sites excluding steroid dienone is 1. The molecule has 0 aliphatic heterocycles. The van der Waals surface area contributed by atoms with E-state index in [1.807, 2.05) is 6.92 Å². The number of ether oxygens (including phenoxy) is 2. The highest BCUT2D eigenvalue weighted by molar-refractivity contribution is 6.32. The van der Waals surface area contributed by atoms with Crippen molar-refractivity contribution in [1.29, 1.82) is 0 Å². The summed E-state index contributed by atoms with van der Waals surface area (Å²) < 4.78 is 10.5. The molecular formula is C9H13ClO3. The van der Waals surface area contributed by atoms with Crippen LogP contribution in [-0.4, -0.2) is 25.8 Å². The lowest BCUT2D eigenvalue weighted by Gasteiger charge is -2.37. The van der Waals surface area contributed by atoms with Crippen molar-refractivity contribution in [2.24, 2.45) is 5.92 Å². The Hall–Kier alpha value is -0.380. The van der Waals surface area contributed by atoms with Crippen molar-refractivity contribution >= 4 is 17.4 Å². The monoisotopic (exact) mass is 204 g/mol. The van der Waals surface area contributed by atoms with Gasteiger partial charge >= 0.3 is 0 Å². The first-order chi connectivity index (χ1) is 6.06. The number of carbonyl (C=O) groups excluding carboxylic acids is 1. The molecule has 0 aromatic rings. The van der Waals surface area contributed by atoms with Crippen LogP contribution < -0.4 is 0 Å². The van der Waals surface area contributed by atoms with Gasteiger partial charge < -0.3 is 9.47 Å². The highest BCUT2D eigenvalue weighted by atomic mass is 35.5. The van der Waals surface area contributed by atoms with E-state index < -0.39 is 5.79 Å². The van der Waals surface area contributed by atoms with E-state index in [2.05, 4.69) is 0 Å². The molecule has 13 heavy (non-hydrogen) atoms. The molecule has 0 fully saturated rings. The van der Waals surface area contributed by atoms with E-state index in [1.54, 1.807) is 0 Å². The van der Waals surface area contributed by atoms with Crippen LogP contribution in [0.1, 0.15) is 13.3 Å². The van der Waals surface area contributed by atoms with Gasteiger partial charge in [-0.3, -0.25) is 4.79 Å². The summed E-state index contributed by atoms with van der Waals surface area (Å²) >= 11 is 5.92. The Labute approximate surface area is 82.7 Å². The summed E-state index contributed by atoms with van der Waals surface area (Å²) in [6.45, 7) is 1.88. The number of hydrogen-bond donors (Lipinski definition) is 0. The predicted octanol–water partition coefficient (Wildman–Crippen LogP) is 1.71. The molecule has 0 saturated heterocycles. The van der Waals surface area contributed by atoms with Gasteiger partial charge in [0.25, 0.3) is 0 Å². The Morgan fingerprint density at radius 2 is 2.08 bits per heavy atom. The zero-order valence-electron chi connectivity index (χ0n) is 7.96. The second-order valence-corrected chi connectivity index (χ2v) is 3.55. The van der Waals surface area contributed by atoms with Crippen LogP contribution in [-0.2, 0) is 14.3 Å². The standard InChI is InChI=1S/C9H13ClO3/c1-6-4-7(11)5-8(10)9(6,12-2)13-3/h5-6H,4H2,1-3H3/t6-/m0/s1. The molecule has 0 spiro atoms. The van der Waals surface area contributed by atoms with E-state index >= 15 is 0 Å². The molecule has 1 aliphatic carbocycles. The average Bonchev–Trinajstić information content (AvgIpc) is 2.05. The minimum absolute atomic E-state index is 0.0159. The molecular weight excluding hydrogens is 192 g/mol. The summed E-state index contributed by atoms with van der Waals surface area (Å²) in [6.07, 6.45) is 1.77. The Morgan fingerprint density at radius 1 is 1.54 bits per heavy atom. The SMILES string of the molecule is COC1(OC)C(Cl)=CC(=O)C[C@@H]1C. The maximum atomic E-state index is 11.1. The van der Waals surface area contributed by atoms with Crippen LogP contribution in [0.3, 0.4) is 0 Å². The molecule has 1 aliphatic rings. The van der Waals surface area contributed by atoms with E-state index in [0.29, 0.717) is 11.5 Å². The van der Waals surface area contributed by atoms with Gasteiger partial charge in [0.2, 0.25) is 5.79 Å². The van der Waals surface area contributed by atoms with Gasteiger partial charge in [-0.2, -0.15) is 0 Å². The van der Waals surface area contributed by atoms with Crippen LogP contribution in [0.2, 0.25) is 0 Å². The predicted molar refractivity (Wildman–Crippen MR) is 49.5 cm³/mol. The highest BCUT2D eigenvalue weighted by Crippen LogP contribution is 2.38. The number of methoxy groups -OCH3 is 2. The molecule has 0 saturated carbocycles. The Morgan fingerprint density at radius 3 is 2.46 bits per heavy atom. The average molecular weight is 205 g/mol. The fourth-order valence-corrected chi connectivity index (χ4v) is 2.12. The van der Waals surface area contributed by atoms with Crippen molar-refractivity contribution in [3.05, 3.63) is 11.1 Å². The molecule has 0 aromatic heterocycles. The zero-order valence-corrected chi connectivity index (χ0v) is 8.72. The van der Waals surface area contributed by atoms with Crippen LogP contribution >= 0.6 is 11.6 Å². The number of carbonyl (C=O) groups is 1. The molecule has 0 radical (unpaired) electrons. The topological polar surface area (TPSA) is 35.5 Å². The first-order valence-corrected chi connectivity index (χ1v) is 4.45. The van der Waals surface area contributed by atoms with Gasteiger partial charge in [0.05, 0.1) is 5.03 Å². The van der Waals surface area contributed by atoms with Gasteiger partial charge in [-0.1, -0.05) is 18.5 Å². The normalized spacial score (nSPS) is 27.2. The lowest BCUT2D eigenvalue weighted by molar-refractivity contribution is -0.207. The largest absolute Gasteiger partial charge is 0.348 e. The van der Waals surface area contributed by atoms with E-state index in [-0.39, 0.29) is 11.7 Å². The van der Waals surface area contributed by atoms with Gasteiger partial charge in [0.15, 0.2) is 5.78 Å². The quantitative estimate of drug-likeness (QED) is 0.643. The first-order valence-electron chi connectivity index (χ1n) is 4.07.